The van der Waals surface area contributed by atoms with Crippen molar-refractivity contribution in [1.82, 2.24) is 15.3 Å². The van der Waals surface area contributed by atoms with Crippen molar-refractivity contribution >= 4 is 23.5 Å². The molecular formula is C13H20N4O2S. The van der Waals surface area contributed by atoms with Crippen molar-refractivity contribution in [2.75, 3.05) is 11.5 Å². The molecule has 0 aliphatic heterocycles. The Morgan fingerprint density at radius 3 is 2.85 bits per heavy atom. The highest BCUT2D eigenvalue weighted by Crippen LogP contribution is 2.23. The van der Waals surface area contributed by atoms with Gasteiger partial charge in [0.05, 0.1) is 5.75 Å². The molecule has 1 aliphatic carbocycles. The molecule has 2 rings (SSSR count). The van der Waals surface area contributed by atoms with Gasteiger partial charge in [-0.3, -0.25) is 9.59 Å². The summed E-state index contributed by atoms with van der Waals surface area (Å²) in [5, 5.41) is 3.41. The number of hydrogen-bond donors (Lipinski definition) is 3. The van der Waals surface area contributed by atoms with Gasteiger partial charge in [-0.25, -0.2) is 4.98 Å². The number of carbonyl (C=O) groups is 1. The van der Waals surface area contributed by atoms with Crippen LogP contribution < -0.4 is 16.6 Å². The Labute approximate surface area is 121 Å². The van der Waals surface area contributed by atoms with Crippen LogP contribution in [0, 0.1) is 5.92 Å². The maximum atomic E-state index is 11.9. The number of anilines is 1. The highest BCUT2D eigenvalue weighted by atomic mass is 32.2. The fourth-order valence-corrected chi connectivity index (χ4v) is 3.02. The first kappa shape index (κ1) is 14.9. The second-order valence-corrected chi connectivity index (χ2v) is 6.25. The highest BCUT2D eigenvalue weighted by Gasteiger charge is 2.19. The number of carbonyl (C=O) groups excluding carboxylic acids is 1. The summed E-state index contributed by atoms with van der Waals surface area (Å²) in [6.45, 7) is 2.25. The first-order valence-electron chi connectivity index (χ1n) is 6.82. The van der Waals surface area contributed by atoms with Crippen molar-refractivity contribution in [3.63, 3.8) is 0 Å². The number of H-pyrrole nitrogens is 1. The summed E-state index contributed by atoms with van der Waals surface area (Å²) in [5.41, 5.74) is 5.18. The van der Waals surface area contributed by atoms with Crippen LogP contribution in [0.2, 0.25) is 0 Å². The number of aromatic nitrogens is 2. The van der Waals surface area contributed by atoms with Gasteiger partial charge in [0.25, 0.3) is 5.56 Å². The standard InChI is InChI=1S/C13H20N4O2S/c1-8-2-4-9(5-3-8)15-12(19)7-20-13-16-10(14)6-11(18)17-13/h6,8-9H,2-5,7H2,1H3,(H,15,19)(H3,14,16,17,18). The summed E-state index contributed by atoms with van der Waals surface area (Å²) in [4.78, 5) is 29.6. The largest absolute Gasteiger partial charge is 0.383 e. The van der Waals surface area contributed by atoms with E-state index in [-0.39, 0.29) is 29.1 Å². The fourth-order valence-electron chi connectivity index (χ4n) is 2.33. The van der Waals surface area contributed by atoms with Crippen molar-refractivity contribution in [2.24, 2.45) is 5.92 Å². The molecule has 7 heteroatoms. The summed E-state index contributed by atoms with van der Waals surface area (Å²) in [5.74, 6) is 1.13. The molecule has 4 N–H and O–H groups in total. The van der Waals surface area contributed by atoms with Crippen molar-refractivity contribution in [1.29, 1.82) is 0 Å². The van der Waals surface area contributed by atoms with Crippen molar-refractivity contribution < 1.29 is 4.79 Å². The molecule has 1 amide bonds. The average Bonchev–Trinajstić information content (AvgIpc) is 2.38. The predicted molar refractivity (Wildman–Crippen MR) is 79.6 cm³/mol. The van der Waals surface area contributed by atoms with Crippen LogP contribution in [-0.2, 0) is 4.79 Å². The summed E-state index contributed by atoms with van der Waals surface area (Å²) in [6, 6.07) is 1.50. The average molecular weight is 296 g/mol. The molecule has 1 aliphatic rings. The normalized spacial score (nSPS) is 22.4. The van der Waals surface area contributed by atoms with Gasteiger partial charge in [0.1, 0.15) is 5.82 Å². The molecule has 0 aromatic carbocycles. The van der Waals surface area contributed by atoms with Crippen LogP contribution in [0.25, 0.3) is 0 Å². The summed E-state index contributed by atoms with van der Waals surface area (Å²) in [6.07, 6.45) is 4.43. The maximum absolute atomic E-state index is 11.9. The Morgan fingerprint density at radius 2 is 2.20 bits per heavy atom. The molecule has 1 fully saturated rings. The summed E-state index contributed by atoms with van der Waals surface area (Å²) in [7, 11) is 0. The van der Waals surface area contributed by atoms with E-state index in [1.165, 1.54) is 30.7 Å². The van der Waals surface area contributed by atoms with Crippen LogP contribution in [0.4, 0.5) is 5.82 Å². The summed E-state index contributed by atoms with van der Waals surface area (Å²) >= 11 is 1.19. The van der Waals surface area contributed by atoms with Crippen LogP contribution in [0.1, 0.15) is 32.6 Å². The topological polar surface area (TPSA) is 101 Å². The number of hydrogen-bond acceptors (Lipinski definition) is 5. The van der Waals surface area contributed by atoms with E-state index in [0.717, 1.165) is 18.8 Å². The number of nitrogens with one attached hydrogen (secondary N) is 2. The van der Waals surface area contributed by atoms with Gasteiger partial charge in [0.2, 0.25) is 5.91 Å². The highest BCUT2D eigenvalue weighted by molar-refractivity contribution is 7.99. The van der Waals surface area contributed by atoms with E-state index in [0.29, 0.717) is 5.16 Å². The lowest BCUT2D eigenvalue weighted by Gasteiger charge is -2.26. The van der Waals surface area contributed by atoms with E-state index in [2.05, 4.69) is 22.2 Å². The van der Waals surface area contributed by atoms with Crippen LogP contribution in [0.15, 0.2) is 16.0 Å². The Balaban J connectivity index is 1.78. The number of nitrogens with two attached hydrogens (primary N) is 1. The molecule has 110 valence electrons. The monoisotopic (exact) mass is 296 g/mol. The molecule has 0 saturated heterocycles. The third kappa shape index (κ3) is 4.56. The Bertz CT molecular complexity index is 523. The maximum Gasteiger partial charge on any atom is 0.253 e. The van der Waals surface area contributed by atoms with Gasteiger partial charge in [-0.15, -0.1) is 0 Å². The number of aromatic amines is 1. The zero-order chi connectivity index (χ0) is 14.5. The molecule has 0 spiro atoms. The van der Waals surface area contributed by atoms with Crippen LogP contribution in [0.5, 0.6) is 0 Å². The second kappa shape index (κ2) is 6.78. The molecule has 0 atom stereocenters. The minimum atomic E-state index is -0.304. The lowest BCUT2D eigenvalue weighted by Crippen LogP contribution is -2.38. The SMILES string of the molecule is CC1CCC(NC(=O)CSc2nc(N)cc(=O)[nH]2)CC1. The van der Waals surface area contributed by atoms with Gasteiger partial charge in [-0.05, 0) is 31.6 Å². The van der Waals surface area contributed by atoms with Crippen LogP contribution in [-0.4, -0.2) is 27.7 Å². The molecule has 0 radical (unpaired) electrons. The minimum Gasteiger partial charge on any atom is -0.383 e. The molecule has 0 unspecified atom stereocenters. The Kier molecular flexibility index (Phi) is 5.05. The molecular weight excluding hydrogens is 276 g/mol. The molecule has 6 nitrogen and oxygen atoms in total. The summed E-state index contributed by atoms with van der Waals surface area (Å²) < 4.78 is 0. The smallest absolute Gasteiger partial charge is 0.253 e. The Morgan fingerprint density at radius 1 is 1.50 bits per heavy atom. The number of amides is 1. The third-order valence-corrected chi connectivity index (χ3v) is 4.33. The van der Waals surface area contributed by atoms with Gasteiger partial charge in [-0.1, -0.05) is 18.7 Å². The number of nitrogens with zero attached hydrogens (tertiary/aromatic N) is 1. The number of rotatable bonds is 4. The zero-order valence-electron chi connectivity index (χ0n) is 11.5. The Hall–Kier alpha value is -1.50. The molecule has 0 bridgehead atoms. The van der Waals surface area contributed by atoms with E-state index in [1.807, 2.05) is 0 Å². The lowest BCUT2D eigenvalue weighted by atomic mass is 9.87. The lowest BCUT2D eigenvalue weighted by molar-refractivity contribution is -0.119. The van der Waals surface area contributed by atoms with Gasteiger partial charge < -0.3 is 16.0 Å². The number of nitrogen functional groups attached to an aromatic ring is 1. The van der Waals surface area contributed by atoms with Gasteiger partial charge in [0.15, 0.2) is 5.16 Å². The second-order valence-electron chi connectivity index (χ2n) is 5.29. The molecule has 20 heavy (non-hydrogen) atoms. The van der Waals surface area contributed by atoms with Gasteiger partial charge in [-0.2, -0.15) is 0 Å². The minimum absolute atomic E-state index is 0.0281. The van der Waals surface area contributed by atoms with Crippen molar-refractivity contribution in [3.8, 4) is 0 Å². The molecule has 1 saturated carbocycles. The van der Waals surface area contributed by atoms with E-state index in [9.17, 15) is 9.59 Å². The van der Waals surface area contributed by atoms with E-state index in [4.69, 9.17) is 5.73 Å². The van der Waals surface area contributed by atoms with Crippen molar-refractivity contribution in [2.45, 2.75) is 43.8 Å². The van der Waals surface area contributed by atoms with E-state index >= 15 is 0 Å². The first-order chi connectivity index (χ1) is 9.52. The van der Waals surface area contributed by atoms with Crippen LogP contribution in [0.3, 0.4) is 0 Å². The fraction of sp³-hybridized carbons (Fsp3) is 0.615. The van der Waals surface area contributed by atoms with Crippen molar-refractivity contribution in [3.05, 3.63) is 16.4 Å². The predicted octanol–water partition coefficient (Wildman–Crippen LogP) is 1.14. The molecule has 1 aromatic rings. The van der Waals surface area contributed by atoms with Gasteiger partial charge in [0, 0.05) is 12.1 Å². The van der Waals surface area contributed by atoms with E-state index in [1.54, 1.807) is 0 Å². The zero-order valence-corrected chi connectivity index (χ0v) is 12.3. The third-order valence-electron chi connectivity index (χ3n) is 3.46. The first-order valence-corrected chi connectivity index (χ1v) is 7.80. The van der Waals surface area contributed by atoms with E-state index < -0.39 is 0 Å². The van der Waals surface area contributed by atoms with Crippen LogP contribution >= 0.6 is 11.8 Å². The molecule has 1 heterocycles. The van der Waals surface area contributed by atoms with Gasteiger partial charge >= 0.3 is 0 Å². The quantitative estimate of drug-likeness (QED) is 0.571. The number of thioether (sulfide) groups is 1. The molecule has 1 aromatic heterocycles.